The summed E-state index contributed by atoms with van der Waals surface area (Å²) in [5, 5.41) is -0.684. The summed E-state index contributed by atoms with van der Waals surface area (Å²) < 4.78 is 58.4. The van der Waals surface area contributed by atoms with Gasteiger partial charge < -0.3 is 14.4 Å². The van der Waals surface area contributed by atoms with Crippen molar-refractivity contribution in [3.8, 4) is 11.5 Å². The Hall–Kier alpha value is -2.44. The number of carbonyl (C=O) groups excluding carboxylic acids is 1. The van der Waals surface area contributed by atoms with Crippen LogP contribution in [0.5, 0.6) is 11.5 Å². The number of nitrogens with zero attached hydrogens (tertiary/aromatic N) is 3. The molecule has 1 amide bonds. The van der Waals surface area contributed by atoms with Crippen LogP contribution in [0.3, 0.4) is 0 Å². The summed E-state index contributed by atoms with van der Waals surface area (Å²) in [6.45, 7) is 0.0217. The molecule has 174 valence electrons. The highest BCUT2D eigenvalue weighted by atomic mass is 35.5. The zero-order chi connectivity index (χ0) is 23.7. The van der Waals surface area contributed by atoms with Crippen molar-refractivity contribution in [2.24, 2.45) is 0 Å². The van der Waals surface area contributed by atoms with Gasteiger partial charge in [-0.15, -0.1) is 0 Å². The number of ether oxygens (including phenoxy) is 2. The van der Waals surface area contributed by atoms with E-state index in [2.05, 4.69) is 9.97 Å². The molecule has 1 atom stereocenters. The third kappa shape index (κ3) is 5.30. The zero-order valence-corrected chi connectivity index (χ0v) is 20.0. The molecule has 2 aromatic rings. The van der Waals surface area contributed by atoms with Crippen molar-refractivity contribution in [1.82, 2.24) is 14.9 Å². The monoisotopic (exact) mass is 503 g/mol. The molecule has 0 spiro atoms. The van der Waals surface area contributed by atoms with E-state index in [-0.39, 0.29) is 35.2 Å². The molecule has 1 aliphatic heterocycles. The van der Waals surface area contributed by atoms with Crippen LogP contribution in [0, 0.1) is 0 Å². The molecule has 10 nitrogen and oxygen atoms in total. The first-order valence-electron chi connectivity index (χ1n) is 9.40. The third-order valence-electron chi connectivity index (χ3n) is 4.97. The van der Waals surface area contributed by atoms with E-state index in [9.17, 15) is 21.6 Å². The maximum Gasteiger partial charge on any atom is 0.274 e. The Labute approximate surface area is 191 Å². The first-order valence-corrected chi connectivity index (χ1v) is 13.5. The van der Waals surface area contributed by atoms with Crippen molar-refractivity contribution in [3.63, 3.8) is 0 Å². The highest BCUT2D eigenvalue weighted by Gasteiger charge is 2.36. The summed E-state index contributed by atoms with van der Waals surface area (Å²) in [5.41, 5.74) is 0.334. The predicted molar refractivity (Wildman–Crippen MR) is 117 cm³/mol. The van der Waals surface area contributed by atoms with Crippen molar-refractivity contribution in [2.45, 2.75) is 24.2 Å². The number of aromatic nitrogens is 2. The van der Waals surface area contributed by atoms with E-state index in [1.165, 1.54) is 19.1 Å². The number of hydrogen-bond acceptors (Lipinski definition) is 9. The van der Waals surface area contributed by atoms with Gasteiger partial charge in [0, 0.05) is 18.8 Å². The van der Waals surface area contributed by atoms with E-state index in [4.69, 9.17) is 21.1 Å². The van der Waals surface area contributed by atoms with Gasteiger partial charge in [0.25, 0.3) is 5.91 Å². The van der Waals surface area contributed by atoms with Gasteiger partial charge in [-0.25, -0.2) is 26.8 Å². The van der Waals surface area contributed by atoms with Crippen LogP contribution in [0.4, 0.5) is 0 Å². The molecule has 0 bridgehead atoms. The minimum atomic E-state index is -3.79. The number of benzene rings is 1. The Morgan fingerprint density at radius 2 is 1.94 bits per heavy atom. The van der Waals surface area contributed by atoms with Gasteiger partial charge in [0.05, 0.1) is 36.9 Å². The van der Waals surface area contributed by atoms with E-state index in [1.54, 1.807) is 18.2 Å². The summed E-state index contributed by atoms with van der Waals surface area (Å²) >= 11 is 6.12. The van der Waals surface area contributed by atoms with Gasteiger partial charge in [0.1, 0.15) is 0 Å². The van der Waals surface area contributed by atoms with Crippen LogP contribution in [-0.2, 0) is 26.2 Å². The van der Waals surface area contributed by atoms with Crippen molar-refractivity contribution in [3.05, 3.63) is 40.7 Å². The van der Waals surface area contributed by atoms with Crippen molar-refractivity contribution < 1.29 is 31.1 Å². The molecule has 3 rings (SSSR count). The SMILES string of the molecule is COc1ccc(CN(C(=O)c2nc(S(C)(=O)=O)ncc2Cl)[C@H]2CCS(=O)(=O)C2)cc1OC. The molecule has 0 unspecified atom stereocenters. The van der Waals surface area contributed by atoms with Crippen molar-refractivity contribution in [1.29, 1.82) is 0 Å². The first-order chi connectivity index (χ1) is 14.9. The first kappa shape index (κ1) is 24.2. The fourth-order valence-corrected chi connectivity index (χ4v) is 5.78. The molecule has 0 radical (unpaired) electrons. The van der Waals surface area contributed by atoms with Gasteiger partial charge in [0.15, 0.2) is 27.0 Å². The fourth-order valence-electron chi connectivity index (χ4n) is 3.38. The van der Waals surface area contributed by atoms with Crippen LogP contribution in [-0.4, -0.2) is 75.6 Å². The molecule has 13 heteroatoms. The van der Waals surface area contributed by atoms with E-state index >= 15 is 0 Å². The molecule has 0 N–H and O–H groups in total. The Kier molecular flexibility index (Phi) is 6.96. The minimum Gasteiger partial charge on any atom is -0.493 e. The molecular formula is C19H22ClN3O7S2. The summed E-state index contributed by atoms with van der Waals surface area (Å²) in [5.74, 6) is -0.0306. The summed E-state index contributed by atoms with van der Waals surface area (Å²) in [6, 6.07) is 4.43. The van der Waals surface area contributed by atoms with Gasteiger partial charge >= 0.3 is 0 Å². The number of amides is 1. The van der Waals surface area contributed by atoms with Crippen molar-refractivity contribution in [2.75, 3.05) is 32.0 Å². The molecule has 2 heterocycles. The normalized spacial score (nSPS) is 17.7. The number of rotatable bonds is 7. The summed E-state index contributed by atoms with van der Waals surface area (Å²) in [6.07, 6.45) is 2.19. The van der Waals surface area contributed by atoms with Crippen molar-refractivity contribution >= 4 is 37.2 Å². The van der Waals surface area contributed by atoms with Gasteiger partial charge in [-0.3, -0.25) is 4.79 Å². The van der Waals surface area contributed by atoms with Gasteiger partial charge in [-0.05, 0) is 24.1 Å². The molecule has 1 aromatic heterocycles. The smallest absolute Gasteiger partial charge is 0.274 e. The van der Waals surface area contributed by atoms with E-state index < -0.39 is 36.8 Å². The average Bonchev–Trinajstić information content (AvgIpc) is 3.10. The Morgan fingerprint density at radius 3 is 2.50 bits per heavy atom. The second kappa shape index (κ2) is 9.20. The largest absolute Gasteiger partial charge is 0.493 e. The minimum absolute atomic E-state index is 0.0217. The summed E-state index contributed by atoms with van der Waals surface area (Å²) in [7, 11) is -4.14. The Morgan fingerprint density at radius 1 is 1.25 bits per heavy atom. The molecule has 1 aromatic carbocycles. The predicted octanol–water partition coefficient (Wildman–Crippen LogP) is 1.38. The van der Waals surface area contributed by atoms with Crippen LogP contribution < -0.4 is 9.47 Å². The number of halogens is 1. The topological polar surface area (TPSA) is 133 Å². The van der Waals surface area contributed by atoms with E-state index in [0.717, 1.165) is 12.5 Å². The zero-order valence-electron chi connectivity index (χ0n) is 17.6. The standard InChI is InChI=1S/C19H22ClN3O7S2/c1-29-15-5-4-12(8-16(15)30-2)10-23(13-6-7-32(27,28)11-13)18(24)17-14(20)9-21-19(22-17)31(3,25)26/h4-5,8-9,13H,6-7,10-11H2,1-3H3/t13-/m0/s1. The molecule has 1 saturated heterocycles. The lowest BCUT2D eigenvalue weighted by Crippen LogP contribution is -2.41. The quantitative estimate of drug-likeness (QED) is 0.513. The maximum atomic E-state index is 13.4. The number of hydrogen-bond donors (Lipinski definition) is 0. The van der Waals surface area contributed by atoms with Gasteiger partial charge in [-0.2, -0.15) is 0 Å². The maximum absolute atomic E-state index is 13.4. The molecule has 1 fully saturated rings. The van der Waals surface area contributed by atoms with Crippen LogP contribution in [0.1, 0.15) is 22.5 Å². The Balaban J connectivity index is 2.03. The number of methoxy groups -OCH3 is 2. The lowest BCUT2D eigenvalue weighted by atomic mass is 10.1. The molecular weight excluding hydrogens is 482 g/mol. The van der Waals surface area contributed by atoms with Gasteiger partial charge in [-0.1, -0.05) is 17.7 Å². The molecule has 32 heavy (non-hydrogen) atoms. The fraction of sp³-hybridized carbons (Fsp3) is 0.421. The highest BCUT2D eigenvalue weighted by Crippen LogP contribution is 2.30. The van der Waals surface area contributed by atoms with E-state index in [1.807, 2.05) is 0 Å². The Bertz CT molecular complexity index is 1250. The lowest BCUT2D eigenvalue weighted by Gasteiger charge is -2.28. The lowest BCUT2D eigenvalue weighted by molar-refractivity contribution is 0.0673. The van der Waals surface area contributed by atoms with Crippen LogP contribution >= 0.6 is 11.6 Å². The molecule has 1 aliphatic rings. The van der Waals surface area contributed by atoms with Gasteiger partial charge in [0.2, 0.25) is 15.0 Å². The van der Waals surface area contributed by atoms with Crippen LogP contribution in [0.25, 0.3) is 0 Å². The molecule has 0 aliphatic carbocycles. The number of sulfone groups is 2. The average molecular weight is 504 g/mol. The van der Waals surface area contributed by atoms with E-state index in [0.29, 0.717) is 17.1 Å². The molecule has 0 saturated carbocycles. The second-order valence-corrected chi connectivity index (χ2v) is 11.8. The third-order valence-corrected chi connectivity index (χ3v) is 7.85. The van der Waals surface area contributed by atoms with Crippen LogP contribution in [0.15, 0.2) is 29.6 Å². The van der Waals surface area contributed by atoms with Crippen LogP contribution in [0.2, 0.25) is 5.02 Å². The summed E-state index contributed by atoms with van der Waals surface area (Å²) in [4.78, 5) is 22.3. The second-order valence-electron chi connectivity index (χ2n) is 7.30. The highest BCUT2D eigenvalue weighted by molar-refractivity contribution is 7.91. The number of carbonyl (C=O) groups is 1.